The van der Waals surface area contributed by atoms with E-state index in [4.69, 9.17) is 4.74 Å². The molecule has 2 aliphatic carbocycles. The van der Waals surface area contributed by atoms with Gasteiger partial charge in [-0.15, -0.1) is 0 Å². The maximum absolute atomic E-state index is 7.76. The van der Waals surface area contributed by atoms with Crippen molar-refractivity contribution in [3.05, 3.63) is 287 Å². The molecular weight excluding hydrogens is 979 g/mol. The molecule has 22 rings (SSSR count). The summed E-state index contributed by atoms with van der Waals surface area (Å²) in [5.41, 5.74) is 25.4. The number of hydrogen-bond acceptors (Lipinski definition) is 2. The number of para-hydroxylation sites is 2. The molecule has 4 spiro atoms. The van der Waals surface area contributed by atoms with Crippen LogP contribution in [0.4, 0.5) is 28.6 Å². The third kappa shape index (κ3) is 3.63. The molecule has 79 heavy (non-hydrogen) atoms. The molecule has 1 unspecified atom stereocenters. The molecule has 0 N–H and O–H groups in total. The normalized spacial score (nSPS) is 18.3. The highest BCUT2D eigenvalue weighted by atomic mass is 28.3. The van der Waals surface area contributed by atoms with Gasteiger partial charge in [0, 0.05) is 32.5 Å². The van der Waals surface area contributed by atoms with Gasteiger partial charge in [-0.2, -0.15) is 9.47 Å². The van der Waals surface area contributed by atoms with E-state index in [2.05, 4.69) is 262 Å². The van der Waals surface area contributed by atoms with Crippen molar-refractivity contribution >= 4 is 79.3 Å². The minimum atomic E-state index is -3.20. The Morgan fingerprint density at radius 1 is 0.354 bits per heavy atom. The van der Waals surface area contributed by atoms with Gasteiger partial charge < -0.3 is 4.74 Å². The highest BCUT2D eigenvalue weighted by Crippen LogP contribution is 2.70. The standard InChI is InChI=1S/C72H40N5OSi/c1-7-25-49-41(17-1)42-18-2-8-26-50(42)71(49)53-29-13-23-47-48-24-15-39-73-69(48)75(63(47)53)65-55(71)35-36-57-67(65)77(73)68-58(78-57)37-38-62-66(68)76-64-54(30-14-34-61(64)79(62)59-32-11-5-21-45(59)46-22-6-12-33-60(46)79)72(56-31-16-40-74(77)70(56)76)51-27-9-3-19-43(51)44-20-4-10-28-52(44)72/h1-40H/q+3. The van der Waals surface area contributed by atoms with E-state index in [1.54, 1.807) is 0 Å². The lowest BCUT2D eigenvalue weighted by molar-refractivity contribution is -1.03. The summed E-state index contributed by atoms with van der Waals surface area (Å²) in [6.45, 7) is 0. The first-order chi connectivity index (χ1) is 39.2. The summed E-state index contributed by atoms with van der Waals surface area (Å²) in [6, 6.07) is 89.4. The molecule has 0 fully saturated rings. The average molecular weight is 1020 g/mol. The third-order valence-corrected chi connectivity index (χ3v) is 25.5. The van der Waals surface area contributed by atoms with Gasteiger partial charge >= 0.3 is 22.8 Å². The van der Waals surface area contributed by atoms with Gasteiger partial charge in [-0.1, -0.05) is 182 Å². The van der Waals surface area contributed by atoms with Gasteiger partial charge in [-0.05, 0) is 124 Å². The molecule has 9 aliphatic rings. The van der Waals surface area contributed by atoms with E-state index in [0.717, 1.165) is 28.5 Å². The van der Waals surface area contributed by atoms with Crippen molar-refractivity contribution < 1.29 is 14.1 Å². The van der Waals surface area contributed by atoms with Gasteiger partial charge in [0.25, 0.3) is 0 Å². The number of benzene rings is 10. The molecule has 3 aromatic heterocycles. The smallest absolute Gasteiger partial charge is 0.350 e. The Bertz CT molecular complexity index is 5090. The first kappa shape index (κ1) is 39.5. The minimum absolute atomic E-state index is 0.226. The number of ether oxygens (including phenoxy) is 1. The summed E-state index contributed by atoms with van der Waals surface area (Å²) in [5, 5.41) is 8.19. The SMILES string of the molecule is c1ccc2c(c1)-c1ccccc1C21c2cccc3c2N2c4c(ccc5c4[N+]4(c6c(ccc7c6-n6c8c(cccc8c8ccc[n+]4c86)C74c6ccccc6-c6ccccc64)O5)[n+]4cccc1c42)[Si]31c2ccccc2-c2ccccc21. The van der Waals surface area contributed by atoms with Crippen LogP contribution in [0.2, 0.25) is 0 Å². The van der Waals surface area contributed by atoms with E-state index in [0.29, 0.717) is 0 Å². The van der Waals surface area contributed by atoms with Gasteiger partial charge in [0.1, 0.15) is 11.2 Å². The molecule has 0 saturated carbocycles. The molecule has 0 amide bonds. The van der Waals surface area contributed by atoms with E-state index in [1.165, 1.54) is 138 Å². The molecule has 7 heteroatoms. The second kappa shape index (κ2) is 12.4. The fourth-order valence-electron chi connectivity index (χ4n) is 18.3. The lowest BCUT2D eigenvalue weighted by atomic mass is 9.65. The van der Waals surface area contributed by atoms with Gasteiger partial charge in [0.15, 0.2) is 20.5 Å². The van der Waals surface area contributed by atoms with E-state index in [-0.39, 0.29) is 4.70 Å². The molecular formula is C72H40N5OSi+3. The van der Waals surface area contributed by atoms with Gasteiger partial charge in [0.05, 0.1) is 26.5 Å². The van der Waals surface area contributed by atoms with Crippen molar-refractivity contribution in [3.8, 4) is 50.6 Å². The fraction of sp³-hybridized carbons (Fsp3) is 0.0278. The van der Waals surface area contributed by atoms with Crippen molar-refractivity contribution in [2.75, 3.05) is 4.90 Å². The van der Waals surface area contributed by atoms with Crippen molar-refractivity contribution in [1.29, 1.82) is 0 Å². The van der Waals surface area contributed by atoms with Crippen LogP contribution in [-0.2, 0) is 10.8 Å². The highest BCUT2D eigenvalue weighted by molar-refractivity contribution is 7.23. The zero-order valence-corrected chi connectivity index (χ0v) is 43.2. The zero-order valence-electron chi connectivity index (χ0n) is 42.2. The monoisotopic (exact) mass is 1020 g/mol. The van der Waals surface area contributed by atoms with Crippen LogP contribution in [0.15, 0.2) is 243 Å². The predicted molar refractivity (Wildman–Crippen MR) is 313 cm³/mol. The van der Waals surface area contributed by atoms with E-state index < -0.39 is 18.9 Å². The molecule has 360 valence electrons. The van der Waals surface area contributed by atoms with Crippen LogP contribution in [0.25, 0.3) is 61.0 Å². The van der Waals surface area contributed by atoms with Gasteiger partial charge in [-0.3, -0.25) is 0 Å². The van der Waals surface area contributed by atoms with Crippen LogP contribution in [0, 0.1) is 0 Å². The second-order valence-corrected chi connectivity index (χ2v) is 26.8. The summed E-state index contributed by atoms with van der Waals surface area (Å²) in [6.07, 6.45) is 4.77. The van der Waals surface area contributed by atoms with Crippen LogP contribution in [0.3, 0.4) is 0 Å². The fourth-order valence-corrected chi connectivity index (χ4v) is 23.9. The maximum Gasteiger partial charge on any atom is 0.350 e. The molecule has 10 aromatic carbocycles. The Hall–Kier alpha value is -9.92. The highest BCUT2D eigenvalue weighted by Gasteiger charge is 2.75. The lowest BCUT2D eigenvalue weighted by Crippen LogP contribution is -2.88. The summed E-state index contributed by atoms with van der Waals surface area (Å²) < 4.78 is 15.9. The van der Waals surface area contributed by atoms with E-state index in [1.807, 2.05) is 0 Å². The minimum Gasteiger partial charge on any atom is -0.444 e. The van der Waals surface area contributed by atoms with Crippen LogP contribution in [-0.4, -0.2) is 12.6 Å². The number of quaternary nitrogens is 1. The number of fused-ring (bicyclic) bond motifs is 22. The molecule has 13 aromatic rings. The molecule has 0 saturated heterocycles. The molecule has 1 atom stereocenters. The topological polar surface area (TPSA) is 25.2 Å². The van der Waals surface area contributed by atoms with E-state index >= 15 is 0 Å². The lowest BCUT2D eigenvalue weighted by Gasteiger charge is -2.50. The van der Waals surface area contributed by atoms with Crippen molar-refractivity contribution in [2.45, 2.75) is 10.8 Å². The number of pyridine rings is 2. The number of aromatic nitrogens is 3. The quantitative estimate of drug-likeness (QED) is 0.0859. The van der Waals surface area contributed by atoms with Crippen LogP contribution in [0.5, 0.6) is 11.5 Å². The molecule has 0 bridgehead atoms. The van der Waals surface area contributed by atoms with E-state index in [9.17, 15) is 0 Å². The summed E-state index contributed by atoms with van der Waals surface area (Å²) >= 11 is 0. The summed E-state index contributed by atoms with van der Waals surface area (Å²) in [7, 11) is -3.20. The average Bonchev–Trinajstić information content (AvgIpc) is 1.91. The number of rotatable bonds is 0. The molecule has 0 radical (unpaired) electrons. The third-order valence-electron chi connectivity index (χ3n) is 20.6. The van der Waals surface area contributed by atoms with Crippen LogP contribution < -0.4 is 44.4 Å². The first-order valence-corrected chi connectivity index (χ1v) is 29.7. The zero-order chi connectivity index (χ0) is 50.6. The van der Waals surface area contributed by atoms with Crippen molar-refractivity contribution in [3.63, 3.8) is 0 Å². The Kier molecular flexibility index (Phi) is 6.20. The first-order valence-electron chi connectivity index (χ1n) is 27.7. The van der Waals surface area contributed by atoms with Crippen molar-refractivity contribution in [2.24, 2.45) is 0 Å². The van der Waals surface area contributed by atoms with Crippen LogP contribution >= 0.6 is 0 Å². The number of anilines is 3. The van der Waals surface area contributed by atoms with Gasteiger partial charge in [0.2, 0.25) is 22.9 Å². The number of nitrogens with zero attached hydrogens (tertiary/aromatic N) is 5. The largest absolute Gasteiger partial charge is 0.444 e. The second-order valence-electron chi connectivity index (χ2n) is 23.1. The van der Waals surface area contributed by atoms with Gasteiger partial charge in [-0.25, -0.2) is 0 Å². The van der Waals surface area contributed by atoms with Crippen LogP contribution in [0.1, 0.15) is 44.5 Å². The maximum atomic E-state index is 7.76. The number of hydrogen-bond donors (Lipinski definition) is 0. The Balaban J connectivity index is 1.01. The summed E-state index contributed by atoms with van der Waals surface area (Å²) in [5.74, 6) is 2.90. The Morgan fingerprint density at radius 3 is 1.49 bits per heavy atom. The predicted octanol–water partition coefficient (Wildman–Crippen LogP) is 12.2. The molecule has 10 heterocycles. The Morgan fingerprint density at radius 2 is 0.823 bits per heavy atom. The summed E-state index contributed by atoms with van der Waals surface area (Å²) in [4.78, 5) is 2.74. The molecule has 7 aliphatic heterocycles. The Labute approximate surface area is 453 Å². The van der Waals surface area contributed by atoms with Crippen molar-refractivity contribution in [1.82, 2.24) is 9.27 Å². The molecule has 6 nitrogen and oxygen atoms in total.